The Bertz CT molecular complexity index is 2650. The number of aliphatic hydroxyl groups excluding tert-OH is 1. The summed E-state index contributed by atoms with van der Waals surface area (Å²) in [4.78, 5) is 36.9. The van der Waals surface area contributed by atoms with Gasteiger partial charge in [0.05, 0.1) is 17.0 Å². The van der Waals surface area contributed by atoms with Gasteiger partial charge in [-0.15, -0.1) is 0 Å². The zero-order valence-corrected chi connectivity index (χ0v) is 39.6. The van der Waals surface area contributed by atoms with E-state index in [1.54, 1.807) is 5.70 Å². The van der Waals surface area contributed by atoms with Crippen molar-refractivity contribution in [2.24, 2.45) is 58.0 Å². The molecule has 3 spiro atoms. The number of esters is 2. The average Bonchev–Trinajstić information content (AvgIpc) is 3.79. The van der Waals surface area contributed by atoms with Gasteiger partial charge >= 0.3 is 11.9 Å². The van der Waals surface area contributed by atoms with Crippen LogP contribution in [0.5, 0.6) is 0 Å². The number of aliphatic hydroxyl groups is 1. The monoisotopic (exact) mass is 900 g/mol. The van der Waals surface area contributed by atoms with Crippen LogP contribution in [0.2, 0.25) is 0 Å². The standard InChI is InChI=1S/C59H69N3O5/c1-34-24-40-19-20-47-42-27-38-31-61(33-42)43(28-36-10-3-2-4-11-36)30-48(63)54-57-22-21-44-46-29-41(50(34)52(44)53(40)62(47)32-38)26-37-14-7-13-35(25-37)12-5-6-18-49(58(46,57)56(65)66-54)59(57)45-17-8-15-39(16-9-23-60)51(45)55(64)67-59/h7-8,13-15,17,19-20,25,29,34,36,38,42-43,47,49-50,52,63H,2-6,9-12,16,18,21-24,26-28,30-33,60H2,1H3/b54-48+/t34-,38+,42-,43-,47-,49-,50-,52+,57+,58-,59+/m0/s1. The van der Waals surface area contributed by atoms with Gasteiger partial charge in [0.1, 0.15) is 11.2 Å². The fourth-order valence-corrected chi connectivity index (χ4v) is 18.4. The Morgan fingerprint density at radius 1 is 0.940 bits per heavy atom. The summed E-state index contributed by atoms with van der Waals surface area (Å²) >= 11 is 0. The number of hydrogen-bond acceptors (Lipinski definition) is 8. The molecular weight excluding hydrogens is 831 g/mol. The summed E-state index contributed by atoms with van der Waals surface area (Å²) in [5.41, 5.74) is 15.0. The number of rotatable bonds is 5. The quantitative estimate of drug-likeness (QED) is 0.286. The molecular formula is C59H69N3O5. The average molecular weight is 900 g/mol. The lowest BCUT2D eigenvalue weighted by Gasteiger charge is -2.71. The maximum atomic E-state index is 16.2. The minimum atomic E-state index is -1.17. The fraction of sp³-hybridized carbons (Fsp3) is 0.593. The first-order valence-corrected chi connectivity index (χ1v) is 26.9. The van der Waals surface area contributed by atoms with E-state index in [9.17, 15) is 5.11 Å². The number of nitrogens with zero attached hydrogens (tertiary/aromatic N) is 2. The number of benzene rings is 2. The van der Waals surface area contributed by atoms with Gasteiger partial charge < -0.3 is 25.2 Å². The molecule has 6 aliphatic carbocycles. The van der Waals surface area contributed by atoms with Crippen molar-refractivity contribution >= 4 is 11.9 Å². The predicted octanol–water partition coefficient (Wildman–Crippen LogP) is 10.3. The Hall–Kier alpha value is -4.40. The van der Waals surface area contributed by atoms with Crippen molar-refractivity contribution in [2.45, 2.75) is 140 Å². The normalized spacial score (nSPS) is 41.1. The Morgan fingerprint density at radius 2 is 1.79 bits per heavy atom. The lowest BCUT2D eigenvalue weighted by atomic mass is 9.29. The lowest BCUT2D eigenvalue weighted by molar-refractivity contribution is -0.276. The summed E-state index contributed by atoms with van der Waals surface area (Å²) < 4.78 is 14.3. The van der Waals surface area contributed by atoms with Gasteiger partial charge in [0.25, 0.3) is 0 Å². The van der Waals surface area contributed by atoms with Gasteiger partial charge in [-0.3, -0.25) is 9.69 Å². The molecule has 3 saturated heterocycles. The van der Waals surface area contributed by atoms with Crippen LogP contribution in [0.25, 0.3) is 0 Å². The highest BCUT2D eigenvalue weighted by Crippen LogP contribution is 2.87. The van der Waals surface area contributed by atoms with Crippen molar-refractivity contribution in [1.82, 2.24) is 9.80 Å². The van der Waals surface area contributed by atoms with Gasteiger partial charge in [-0.25, -0.2) is 4.79 Å². The molecule has 17 rings (SSSR count). The van der Waals surface area contributed by atoms with E-state index in [0.717, 1.165) is 87.7 Å². The van der Waals surface area contributed by atoms with E-state index in [1.807, 2.05) is 0 Å². The van der Waals surface area contributed by atoms with Crippen LogP contribution in [0, 0.1) is 52.3 Å². The van der Waals surface area contributed by atoms with Crippen molar-refractivity contribution in [3.8, 4) is 0 Å². The number of aryl methyl sites for hydroxylation is 2. The molecule has 2 aromatic carbocycles. The Labute approximate surface area is 396 Å². The number of fused-ring (bicyclic) bond motifs is 6. The summed E-state index contributed by atoms with van der Waals surface area (Å²) in [5.74, 6) is 2.29. The first kappa shape index (κ1) is 41.6. The molecule has 2 aromatic rings. The summed E-state index contributed by atoms with van der Waals surface area (Å²) in [6.07, 6.45) is 24.9. The fourth-order valence-electron chi connectivity index (χ4n) is 18.4. The maximum absolute atomic E-state index is 16.2. The van der Waals surface area contributed by atoms with Gasteiger partial charge in [0.2, 0.25) is 0 Å². The van der Waals surface area contributed by atoms with Crippen LogP contribution in [0.3, 0.4) is 0 Å². The molecule has 9 aliphatic heterocycles. The van der Waals surface area contributed by atoms with Crippen molar-refractivity contribution in [2.75, 3.05) is 26.2 Å². The van der Waals surface area contributed by atoms with Crippen LogP contribution < -0.4 is 5.73 Å². The molecule has 8 heteroatoms. The second-order valence-corrected chi connectivity index (χ2v) is 23.7. The molecule has 0 radical (unpaired) electrons. The number of ether oxygens (including phenoxy) is 2. The summed E-state index contributed by atoms with van der Waals surface area (Å²) in [6.45, 7) is 6.14. The van der Waals surface area contributed by atoms with Gasteiger partial charge in [-0.2, -0.15) is 0 Å². The summed E-state index contributed by atoms with van der Waals surface area (Å²) in [6, 6.07) is 16.1. The highest BCUT2D eigenvalue weighted by atomic mass is 16.6. The number of carbonyl (C=O) groups excluding carboxylic acids is 2. The van der Waals surface area contributed by atoms with Gasteiger partial charge in [0.15, 0.2) is 11.4 Å². The van der Waals surface area contributed by atoms with E-state index in [0.29, 0.717) is 79.2 Å². The molecule has 9 heterocycles. The van der Waals surface area contributed by atoms with Crippen LogP contribution in [0.1, 0.15) is 136 Å². The second-order valence-electron chi connectivity index (χ2n) is 23.7. The third kappa shape index (κ3) is 5.44. The van der Waals surface area contributed by atoms with Crippen LogP contribution in [0.15, 0.2) is 100 Å². The largest absolute Gasteiger partial charge is 0.509 e. The molecule has 3 N–H and O–H groups in total. The van der Waals surface area contributed by atoms with E-state index in [-0.39, 0.29) is 35.6 Å². The first-order valence-electron chi connectivity index (χ1n) is 26.9. The van der Waals surface area contributed by atoms with Crippen molar-refractivity contribution in [1.29, 1.82) is 0 Å². The zero-order valence-electron chi connectivity index (χ0n) is 39.6. The van der Waals surface area contributed by atoms with E-state index in [4.69, 9.17) is 15.2 Å². The number of hydrogen-bond donors (Lipinski definition) is 2. The molecule has 350 valence electrons. The van der Waals surface area contributed by atoms with E-state index in [1.165, 1.54) is 66.4 Å². The lowest BCUT2D eigenvalue weighted by Crippen LogP contribution is -2.77. The number of piperidine rings is 2. The SMILES string of the molecule is C[C@H]1CC2=C3[C@@H]4C5=C6C=C(Cc7cccc(c7)CCCC[C@H]7[C@]68C(=O)O/C(=C(/O)C[C@H](CC6CCCCC6)N6C[C@H]9C[C@@H](C6)[C@H](C=C2)N3C9)[C@@]8(CC5)[C@]72OC(=O)c3c(CCCN)cccc32)[C@@H]41. The third-order valence-corrected chi connectivity index (χ3v) is 20.5. The zero-order chi connectivity index (χ0) is 45.0. The third-order valence-electron chi connectivity index (χ3n) is 20.5. The van der Waals surface area contributed by atoms with Crippen LogP contribution in [-0.2, 0) is 39.1 Å². The van der Waals surface area contributed by atoms with Crippen LogP contribution >= 0.6 is 0 Å². The van der Waals surface area contributed by atoms with Crippen molar-refractivity contribution in [3.05, 3.63) is 128 Å². The van der Waals surface area contributed by atoms with Crippen LogP contribution in [-0.4, -0.2) is 65.1 Å². The second kappa shape index (κ2) is 15.1. The Balaban J connectivity index is 1.06. The number of nitrogens with two attached hydrogens (primary N) is 1. The molecule has 1 unspecified atom stereocenters. The Kier molecular flexibility index (Phi) is 9.34. The summed E-state index contributed by atoms with van der Waals surface area (Å²) in [7, 11) is 0. The highest BCUT2D eigenvalue weighted by molar-refractivity contribution is 6.00. The molecule has 15 aliphatic rings. The first-order chi connectivity index (χ1) is 32.7. The predicted molar refractivity (Wildman–Crippen MR) is 257 cm³/mol. The van der Waals surface area contributed by atoms with E-state index < -0.39 is 16.4 Å². The number of carbonyl (C=O) groups is 2. The molecule has 2 saturated carbocycles. The topological polar surface area (TPSA) is 105 Å². The summed E-state index contributed by atoms with van der Waals surface area (Å²) in [5, 5.41) is 13.4. The van der Waals surface area contributed by atoms with Gasteiger partial charge in [-0.05, 0) is 135 Å². The smallest absolute Gasteiger partial charge is 0.339 e. The van der Waals surface area contributed by atoms with Gasteiger partial charge in [0, 0.05) is 55.2 Å². The minimum absolute atomic E-state index is 0.124. The van der Waals surface area contributed by atoms with E-state index >= 15 is 9.59 Å². The molecule has 0 amide bonds. The Morgan fingerprint density at radius 3 is 2.67 bits per heavy atom. The molecule has 5 fully saturated rings. The molecule has 12 atom stereocenters. The van der Waals surface area contributed by atoms with Gasteiger partial charge in [-0.1, -0.05) is 117 Å². The van der Waals surface area contributed by atoms with E-state index in [2.05, 4.69) is 77.4 Å². The molecule has 8 nitrogen and oxygen atoms in total. The molecule has 0 aromatic heterocycles. The number of allylic oxidation sites excluding steroid dienone is 5. The maximum Gasteiger partial charge on any atom is 0.339 e. The van der Waals surface area contributed by atoms with Crippen LogP contribution in [0.4, 0.5) is 0 Å². The molecule has 15 bridgehead atoms. The van der Waals surface area contributed by atoms with Crippen molar-refractivity contribution in [3.63, 3.8) is 0 Å². The van der Waals surface area contributed by atoms with Crippen molar-refractivity contribution < 1.29 is 24.2 Å². The highest BCUT2D eigenvalue weighted by Gasteiger charge is 2.93. The molecule has 67 heavy (non-hydrogen) atoms. The minimum Gasteiger partial charge on any atom is -0.509 e.